The number of nitrogens with two attached hydrogens (primary N) is 1. The molecule has 1 amide bonds. The molecule has 0 aromatic carbocycles. The Morgan fingerprint density at radius 1 is 1.50 bits per heavy atom. The molecular weight excluding hydrogens is 252 g/mol. The van der Waals surface area contributed by atoms with E-state index in [1.807, 2.05) is 0 Å². The van der Waals surface area contributed by atoms with Crippen LogP contribution in [0.25, 0.3) is 0 Å². The maximum atomic E-state index is 11.9. The van der Waals surface area contributed by atoms with Crippen molar-refractivity contribution in [3.05, 3.63) is 0 Å². The second-order valence-electron chi connectivity index (χ2n) is 3.92. The van der Waals surface area contributed by atoms with Gasteiger partial charge in [0.1, 0.15) is 6.04 Å². The zero-order valence-electron chi connectivity index (χ0n) is 8.67. The van der Waals surface area contributed by atoms with Gasteiger partial charge in [0.2, 0.25) is 5.91 Å². The lowest BCUT2D eigenvalue weighted by Crippen LogP contribution is -2.50. The molecule has 0 saturated carbocycles. The van der Waals surface area contributed by atoms with Gasteiger partial charge in [0, 0.05) is 5.75 Å². The van der Waals surface area contributed by atoms with E-state index in [1.165, 1.54) is 4.90 Å². The molecule has 0 aromatic heterocycles. The summed E-state index contributed by atoms with van der Waals surface area (Å²) >= 11 is 1.55. The highest BCUT2D eigenvalue weighted by atomic mass is 35.5. The molecule has 7 heteroatoms. The molecule has 92 valence electrons. The molecular formula is C9H15ClN2O3S. The second-order valence-corrected chi connectivity index (χ2v) is 5.14. The van der Waals surface area contributed by atoms with Crippen LogP contribution in [-0.2, 0) is 9.59 Å². The molecule has 2 aliphatic rings. The van der Waals surface area contributed by atoms with Crippen LogP contribution in [-0.4, -0.2) is 45.1 Å². The summed E-state index contributed by atoms with van der Waals surface area (Å²) in [5, 5.41) is 9.02. The molecule has 0 radical (unpaired) electrons. The van der Waals surface area contributed by atoms with Crippen molar-refractivity contribution < 1.29 is 14.7 Å². The van der Waals surface area contributed by atoms with Gasteiger partial charge in [-0.3, -0.25) is 4.79 Å². The Morgan fingerprint density at radius 2 is 2.19 bits per heavy atom. The van der Waals surface area contributed by atoms with E-state index in [-0.39, 0.29) is 23.7 Å². The van der Waals surface area contributed by atoms with Gasteiger partial charge in [-0.05, 0) is 19.3 Å². The zero-order chi connectivity index (χ0) is 11.0. The smallest absolute Gasteiger partial charge is 0.327 e. The highest BCUT2D eigenvalue weighted by Gasteiger charge is 2.44. The molecule has 0 spiro atoms. The van der Waals surface area contributed by atoms with Crippen LogP contribution in [0.3, 0.4) is 0 Å². The average molecular weight is 267 g/mol. The number of carboxylic acid groups (broad SMARTS) is 1. The minimum atomic E-state index is -0.924. The van der Waals surface area contributed by atoms with Crippen LogP contribution >= 0.6 is 24.2 Å². The second kappa shape index (κ2) is 5.25. The van der Waals surface area contributed by atoms with Gasteiger partial charge >= 0.3 is 5.97 Å². The summed E-state index contributed by atoms with van der Waals surface area (Å²) in [5.41, 5.74) is 5.70. The quantitative estimate of drug-likeness (QED) is 0.712. The summed E-state index contributed by atoms with van der Waals surface area (Å²) < 4.78 is 0. The maximum Gasteiger partial charge on any atom is 0.327 e. The van der Waals surface area contributed by atoms with Gasteiger partial charge in [-0.2, -0.15) is 0 Å². The fourth-order valence-electron chi connectivity index (χ4n) is 2.10. The Hall–Kier alpha value is -0.460. The Labute approximate surface area is 104 Å². The number of rotatable bonds is 1. The van der Waals surface area contributed by atoms with Crippen molar-refractivity contribution in [2.45, 2.75) is 36.7 Å². The van der Waals surface area contributed by atoms with Gasteiger partial charge in [0.15, 0.2) is 0 Å². The largest absolute Gasteiger partial charge is 0.480 e. The zero-order valence-corrected chi connectivity index (χ0v) is 10.3. The number of hydrogen-bond acceptors (Lipinski definition) is 4. The van der Waals surface area contributed by atoms with Crippen molar-refractivity contribution in [3.8, 4) is 0 Å². The van der Waals surface area contributed by atoms with Crippen molar-refractivity contribution in [1.82, 2.24) is 4.90 Å². The van der Waals surface area contributed by atoms with Gasteiger partial charge in [0.05, 0.1) is 11.4 Å². The average Bonchev–Trinajstić information content (AvgIpc) is 2.55. The summed E-state index contributed by atoms with van der Waals surface area (Å²) in [7, 11) is 0. The number of carbonyl (C=O) groups excluding carboxylic acids is 1. The van der Waals surface area contributed by atoms with E-state index in [0.29, 0.717) is 12.2 Å². The number of carboxylic acids is 1. The van der Waals surface area contributed by atoms with Crippen molar-refractivity contribution in [2.24, 2.45) is 5.73 Å². The van der Waals surface area contributed by atoms with E-state index >= 15 is 0 Å². The molecule has 2 fully saturated rings. The van der Waals surface area contributed by atoms with Crippen molar-refractivity contribution in [2.75, 3.05) is 5.75 Å². The summed E-state index contributed by atoms with van der Waals surface area (Å²) in [4.78, 5) is 24.3. The lowest BCUT2D eigenvalue weighted by molar-refractivity contribution is -0.149. The minimum Gasteiger partial charge on any atom is -0.480 e. The number of aliphatic carboxylic acids is 1. The summed E-state index contributed by atoms with van der Waals surface area (Å²) in [5.74, 6) is -0.638. The highest BCUT2D eigenvalue weighted by Crippen LogP contribution is 2.35. The molecule has 0 bridgehead atoms. The first kappa shape index (κ1) is 13.6. The predicted octanol–water partition coefficient (Wildman–Crippen LogP) is 0.274. The van der Waals surface area contributed by atoms with E-state index in [9.17, 15) is 9.59 Å². The van der Waals surface area contributed by atoms with E-state index < -0.39 is 18.1 Å². The summed E-state index contributed by atoms with van der Waals surface area (Å²) in [6.45, 7) is 0. The van der Waals surface area contributed by atoms with Gasteiger partial charge < -0.3 is 15.7 Å². The molecule has 3 atom stereocenters. The number of carbonyl (C=O) groups is 2. The summed E-state index contributed by atoms with van der Waals surface area (Å²) in [6, 6.07) is -1.20. The number of amides is 1. The van der Waals surface area contributed by atoms with Crippen LogP contribution in [0.15, 0.2) is 0 Å². The van der Waals surface area contributed by atoms with E-state index in [2.05, 4.69) is 0 Å². The minimum absolute atomic E-state index is 0. The molecule has 0 aromatic rings. The van der Waals surface area contributed by atoms with E-state index in [0.717, 1.165) is 12.8 Å². The molecule has 3 N–H and O–H groups in total. The molecule has 2 rings (SSSR count). The van der Waals surface area contributed by atoms with Crippen LogP contribution < -0.4 is 5.73 Å². The topological polar surface area (TPSA) is 83.6 Å². The molecule has 2 aliphatic heterocycles. The van der Waals surface area contributed by atoms with Crippen molar-refractivity contribution in [1.29, 1.82) is 0 Å². The normalized spacial score (nSPS) is 33.9. The number of hydrogen-bond donors (Lipinski definition) is 2. The first-order valence-electron chi connectivity index (χ1n) is 5.03. The predicted molar refractivity (Wildman–Crippen MR) is 63.6 cm³/mol. The van der Waals surface area contributed by atoms with Gasteiger partial charge in [-0.15, -0.1) is 24.2 Å². The third kappa shape index (κ3) is 2.28. The van der Waals surface area contributed by atoms with Crippen LogP contribution in [0.4, 0.5) is 0 Å². The van der Waals surface area contributed by atoms with Gasteiger partial charge in [-0.1, -0.05) is 0 Å². The summed E-state index contributed by atoms with van der Waals surface area (Å²) in [6.07, 6.45) is 2.42. The maximum absolute atomic E-state index is 11.9. The molecule has 0 aliphatic carbocycles. The Bertz CT molecular complexity index is 302. The van der Waals surface area contributed by atoms with Crippen molar-refractivity contribution >= 4 is 36.0 Å². The Kier molecular flexibility index (Phi) is 4.46. The number of nitrogens with zero attached hydrogens (tertiary/aromatic N) is 1. The number of fused-ring (bicyclic) bond motifs is 1. The van der Waals surface area contributed by atoms with Crippen LogP contribution in [0, 0.1) is 0 Å². The molecule has 2 saturated heterocycles. The van der Waals surface area contributed by atoms with E-state index in [4.69, 9.17) is 10.8 Å². The third-order valence-electron chi connectivity index (χ3n) is 2.92. The fraction of sp³-hybridized carbons (Fsp3) is 0.778. The van der Waals surface area contributed by atoms with Crippen LogP contribution in [0.1, 0.15) is 19.3 Å². The Morgan fingerprint density at radius 3 is 2.81 bits per heavy atom. The van der Waals surface area contributed by atoms with Crippen molar-refractivity contribution in [3.63, 3.8) is 0 Å². The van der Waals surface area contributed by atoms with Gasteiger partial charge in [0.25, 0.3) is 0 Å². The fourth-order valence-corrected chi connectivity index (χ4v) is 3.55. The van der Waals surface area contributed by atoms with Crippen LogP contribution in [0.5, 0.6) is 0 Å². The first-order valence-corrected chi connectivity index (χ1v) is 6.08. The molecule has 5 nitrogen and oxygen atoms in total. The standard InChI is InChI=1S/C9H14N2O3S.ClH/c10-5-2-1-3-7-11(8(5)12)6(4-15-7)9(13)14;/h5-7H,1-4,10H2,(H,13,14);1H/t5?,6-,7?;/m0./s1. The highest BCUT2D eigenvalue weighted by molar-refractivity contribution is 8.00. The number of halogens is 1. The molecule has 2 heterocycles. The third-order valence-corrected chi connectivity index (χ3v) is 4.27. The van der Waals surface area contributed by atoms with E-state index in [1.54, 1.807) is 11.8 Å². The number of thioether (sulfide) groups is 1. The lowest BCUT2D eigenvalue weighted by atomic mass is 10.1. The molecule has 16 heavy (non-hydrogen) atoms. The SMILES string of the molecule is Cl.NC1CCCC2SC[C@@H](C(=O)O)N2C1=O. The Balaban J connectivity index is 0.00000128. The molecule has 2 unspecified atom stereocenters. The van der Waals surface area contributed by atoms with Crippen LogP contribution in [0.2, 0.25) is 0 Å². The monoisotopic (exact) mass is 266 g/mol. The van der Waals surface area contributed by atoms with Gasteiger partial charge in [-0.25, -0.2) is 4.79 Å². The first-order chi connectivity index (χ1) is 7.11. The lowest BCUT2D eigenvalue weighted by Gasteiger charge is -2.26.